The van der Waals surface area contributed by atoms with Crippen molar-refractivity contribution in [3.63, 3.8) is 0 Å². The van der Waals surface area contributed by atoms with E-state index in [1.54, 1.807) is 0 Å². The number of rotatable bonds is 2. The van der Waals surface area contributed by atoms with Crippen LogP contribution in [0.3, 0.4) is 0 Å². The molecule has 0 aliphatic carbocycles. The smallest absolute Gasteiger partial charge is 0.399 e. The number of amides is 1. The maximum Gasteiger partial charge on any atom is 0.495 e. The zero-order chi connectivity index (χ0) is 16.8. The first-order valence-electron chi connectivity index (χ1n) is 8.43. The van der Waals surface area contributed by atoms with Crippen molar-refractivity contribution in [3.8, 4) is 0 Å². The third-order valence-corrected chi connectivity index (χ3v) is 6.24. The summed E-state index contributed by atoms with van der Waals surface area (Å²) in [6, 6.07) is 1.94. The number of carbonyl (C=O) groups is 1. The molecule has 1 aromatic heterocycles. The van der Waals surface area contributed by atoms with E-state index in [1.165, 1.54) is 17.8 Å². The van der Waals surface area contributed by atoms with E-state index in [0.717, 1.165) is 29.9 Å². The molecule has 6 heteroatoms. The summed E-state index contributed by atoms with van der Waals surface area (Å²) in [7, 11) is -0.391. The second-order valence-electron chi connectivity index (χ2n) is 7.83. The second-order valence-corrected chi connectivity index (χ2v) is 8.74. The van der Waals surface area contributed by atoms with Gasteiger partial charge in [-0.3, -0.25) is 4.79 Å². The third-order valence-electron chi connectivity index (χ3n) is 5.30. The zero-order valence-electron chi connectivity index (χ0n) is 14.7. The van der Waals surface area contributed by atoms with Gasteiger partial charge in [0.15, 0.2) is 0 Å². The second kappa shape index (κ2) is 5.90. The van der Waals surface area contributed by atoms with E-state index >= 15 is 0 Å². The van der Waals surface area contributed by atoms with Gasteiger partial charge in [0.1, 0.15) is 0 Å². The van der Waals surface area contributed by atoms with Crippen molar-refractivity contribution in [2.24, 2.45) is 5.92 Å². The SMILES string of the molecule is CC1CCCN(C(=O)c2cc(B3OC(C)(C)C(C)(C)O3)cs2)C1. The Morgan fingerprint density at radius 1 is 1.30 bits per heavy atom. The molecule has 0 N–H and O–H groups in total. The molecule has 0 radical (unpaired) electrons. The van der Waals surface area contributed by atoms with Crippen LogP contribution in [0.2, 0.25) is 0 Å². The molecular formula is C17H26BNO3S. The minimum atomic E-state index is -0.391. The number of nitrogens with zero attached hydrogens (tertiary/aromatic N) is 1. The molecule has 1 unspecified atom stereocenters. The molecule has 1 atom stereocenters. The summed E-state index contributed by atoms with van der Waals surface area (Å²) in [6.45, 7) is 12.1. The maximum atomic E-state index is 12.7. The highest BCUT2D eigenvalue weighted by Crippen LogP contribution is 2.36. The van der Waals surface area contributed by atoms with E-state index < -0.39 is 7.12 Å². The zero-order valence-corrected chi connectivity index (χ0v) is 15.5. The summed E-state index contributed by atoms with van der Waals surface area (Å²) in [4.78, 5) is 15.4. The van der Waals surface area contributed by atoms with Gasteiger partial charge in [0, 0.05) is 13.1 Å². The molecule has 2 aliphatic heterocycles. The first-order chi connectivity index (χ1) is 10.7. The molecule has 1 amide bonds. The van der Waals surface area contributed by atoms with Crippen molar-refractivity contribution < 1.29 is 14.1 Å². The van der Waals surface area contributed by atoms with Gasteiger partial charge >= 0.3 is 7.12 Å². The van der Waals surface area contributed by atoms with Gasteiger partial charge in [-0.2, -0.15) is 0 Å². The molecule has 0 spiro atoms. The maximum absolute atomic E-state index is 12.7. The average molecular weight is 335 g/mol. The van der Waals surface area contributed by atoms with Crippen molar-refractivity contribution in [2.45, 2.75) is 58.7 Å². The lowest BCUT2D eigenvalue weighted by molar-refractivity contribution is 0.00578. The number of likely N-dealkylation sites (tertiary alicyclic amines) is 1. The third kappa shape index (κ3) is 3.21. The normalized spacial score (nSPS) is 26.6. The largest absolute Gasteiger partial charge is 0.495 e. The Balaban J connectivity index is 1.73. The average Bonchev–Trinajstić information content (AvgIpc) is 3.01. The predicted molar refractivity (Wildman–Crippen MR) is 94.3 cm³/mol. The van der Waals surface area contributed by atoms with Gasteiger partial charge in [0.05, 0.1) is 16.1 Å². The highest BCUT2D eigenvalue weighted by molar-refractivity contribution is 7.13. The van der Waals surface area contributed by atoms with Gasteiger partial charge in [-0.05, 0) is 63.4 Å². The van der Waals surface area contributed by atoms with E-state index in [1.807, 2.05) is 44.0 Å². The van der Waals surface area contributed by atoms with Crippen LogP contribution in [-0.2, 0) is 9.31 Å². The fourth-order valence-corrected chi connectivity index (χ4v) is 3.97. The quantitative estimate of drug-likeness (QED) is 0.780. The summed E-state index contributed by atoms with van der Waals surface area (Å²) in [5.74, 6) is 0.736. The lowest BCUT2D eigenvalue weighted by Crippen LogP contribution is -2.41. The number of carbonyl (C=O) groups excluding carboxylic acids is 1. The lowest BCUT2D eigenvalue weighted by Gasteiger charge is -2.32. The standard InChI is InChI=1S/C17H26BNO3S/c1-12-7-6-8-19(10-12)15(20)14-9-13(11-23-14)18-21-16(2,3)17(4,5)22-18/h9,11-12H,6-8,10H2,1-5H3. The molecule has 126 valence electrons. The summed E-state index contributed by atoms with van der Waals surface area (Å²) >= 11 is 1.49. The van der Waals surface area contributed by atoms with E-state index in [0.29, 0.717) is 5.92 Å². The van der Waals surface area contributed by atoms with Crippen molar-refractivity contribution in [1.29, 1.82) is 0 Å². The van der Waals surface area contributed by atoms with Crippen molar-refractivity contribution >= 4 is 29.8 Å². The Kier molecular flexibility index (Phi) is 4.36. The highest BCUT2D eigenvalue weighted by Gasteiger charge is 2.52. The van der Waals surface area contributed by atoms with E-state index in [4.69, 9.17) is 9.31 Å². The van der Waals surface area contributed by atoms with Crippen LogP contribution in [0, 0.1) is 5.92 Å². The van der Waals surface area contributed by atoms with Crippen LogP contribution in [-0.4, -0.2) is 42.2 Å². The van der Waals surface area contributed by atoms with Crippen LogP contribution < -0.4 is 5.46 Å². The van der Waals surface area contributed by atoms with Gasteiger partial charge in [-0.1, -0.05) is 6.92 Å². The van der Waals surface area contributed by atoms with Crippen LogP contribution in [0.4, 0.5) is 0 Å². The van der Waals surface area contributed by atoms with E-state index in [-0.39, 0.29) is 17.1 Å². The van der Waals surface area contributed by atoms with E-state index in [9.17, 15) is 4.79 Å². The fourth-order valence-electron chi connectivity index (χ4n) is 3.10. The Morgan fingerprint density at radius 3 is 2.57 bits per heavy atom. The van der Waals surface area contributed by atoms with Crippen LogP contribution in [0.5, 0.6) is 0 Å². The summed E-state index contributed by atoms with van der Waals surface area (Å²) < 4.78 is 12.1. The Bertz CT molecular complexity index is 582. The monoisotopic (exact) mass is 335 g/mol. The molecule has 0 aromatic carbocycles. The summed E-state index contributed by atoms with van der Waals surface area (Å²) in [5.41, 5.74) is 0.236. The number of piperidine rings is 1. The molecule has 2 fully saturated rings. The van der Waals surface area contributed by atoms with E-state index in [2.05, 4.69) is 6.92 Å². The van der Waals surface area contributed by atoms with Crippen LogP contribution in [0.25, 0.3) is 0 Å². The lowest BCUT2D eigenvalue weighted by atomic mass is 9.81. The Labute approximate surface area is 143 Å². The molecule has 4 nitrogen and oxygen atoms in total. The van der Waals surface area contributed by atoms with Crippen LogP contribution >= 0.6 is 11.3 Å². The summed E-state index contributed by atoms with van der Waals surface area (Å²) in [5, 5.41) is 1.99. The molecule has 1 aromatic rings. The predicted octanol–water partition coefficient (Wildman–Crippen LogP) is 2.92. The Hall–Kier alpha value is -0.845. The molecular weight excluding hydrogens is 309 g/mol. The van der Waals surface area contributed by atoms with Crippen molar-refractivity contribution in [2.75, 3.05) is 13.1 Å². The Morgan fingerprint density at radius 2 is 1.96 bits per heavy atom. The van der Waals surface area contributed by atoms with Crippen molar-refractivity contribution in [3.05, 3.63) is 16.3 Å². The van der Waals surface area contributed by atoms with Gasteiger partial charge in [-0.25, -0.2) is 0 Å². The molecule has 0 bridgehead atoms. The number of hydrogen-bond donors (Lipinski definition) is 0. The first kappa shape index (κ1) is 17.0. The molecule has 3 rings (SSSR count). The minimum absolute atomic E-state index is 0.143. The molecule has 3 heterocycles. The molecule has 23 heavy (non-hydrogen) atoms. The first-order valence-corrected chi connectivity index (χ1v) is 9.31. The fraction of sp³-hybridized carbons (Fsp3) is 0.706. The molecule has 2 saturated heterocycles. The van der Waals surface area contributed by atoms with Gasteiger partial charge in [0.25, 0.3) is 5.91 Å². The van der Waals surface area contributed by atoms with Crippen molar-refractivity contribution in [1.82, 2.24) is 4.90 Å². The van der Waals surface area contributed by atoms with Gasteiger partial charge < -0.3 is 14.2 Å². The highest BCUT2D eigenvalue weighted by atomic mass is 32.1. The van der Waals surface area contributed by atoms with Gasteiger partial charge in [0.2, 0.25) is 0 Å². The topological polar surface area (TPSA) is 38.8 Å². The molecule has 0 saturated carbocycles. The van der Waals surface area contributed by atoms with Crippen LogP contribution in [0.15, 0.2) is 11.4 Å². The molecule has 2 aliphatic rings. The van der Waals surface area contributed by atoms with Gasteiger partial charge in [-0.15, -0.1) is 11.3 Å². The number of thiophene rings is 1. The minimum Gasteiger partial charge on any atom is -0.399 e. The van der Waals surface area contributed by atoms with Crippen LogP contribution in [0.1, 0.15) is 57.1 Å². The summed E-state index contributed by atoms with van der Waals surface area (Å²) in [6.07, 6.45) is 2.32. The number of hydrogen-bond acceptors (Lipinski definition) is 4.